The number of carbonyl (C=O) groups excluding carboxylic acids is 1. The number of nitrogen functional groups attached to an aromatic ring is 1. The number of hydrogen-bond acceptors (Lipinski definition) is 5. The number of nitrogens with zero attached hydrogens (tertiary/aromatic N) is 2. The maximum absolute atomic E-state index is 12.6. The number of amides is 1. The van der Waals surface area contributed by atoms with E-state index in [9.17, 15) is 4.79 Å². The Morgan fingerprint density at radius 3 is 2.75 bits per heavy atom. The van der Waals surface area contributed by atoms with Crippen molar-refractivity contribution in [3.63, 3.8) is 0 Å². The lowest BCUT2D eigenvalue weighted by Gasteiger charge is -2.16. The van der Waals surface area contributed by atoms with Crippen LogP contribution < -0.4 is 11.2 Å². The first-order chi connectivity index (χ1) is 11.3. The zero-order chi connectivity index (χ0) is 17.3. The predicted octanol–water partition coefficient (Wildman–Crippen LogP) is 0.967. The molecule has 6 nitrogen and oxygen atoms in total. The number of hydrogen-bond donors (Lipinski definition) is 1. The van der Waals surface area contributed by atoms with E-state index in [1.54, 1.807) is 11.0 Å². The highest BCUT2D eigenvalue weighted by Crippen LogP contribution is 2.58. The Morgan fingerprint density at radius 1 is 1.46 bits per heavy atom. The van der Waals surface area contributed by atoms with Crippen LogP contribution >= 0.6 is 0 Å². The molecule has 2 N–H and O–H groups in total. The number of rotatable bonds is 3. The van der Waals surface area contributed by atoms with Crippen molar-refractivity contribution < 1.29 is 14.1 Å². The van der Waals surface area contributed by atoms with Crippen LogP contribution in [0.3, 0.4) is 0 Å². The molecular weight excluding hydrogens is 305 g/mol. The first-order valence-corrected chi connectivity index (χ1v) is 7.92. The van der Waals surface area contributed by atoms with Gasteiger partial charge in [0.2, 0.25) is 0 Å². The van der Waals surface area contributed by atoms with Crippen molar-refractivity contribution in [3.05, 3.63) is 35.4 Å². The van der Waals surface area contributed by atoms with E-state index >= 15 is 0 Å². The molecule has 1 saturated carbocycles. The molecule has 3 aliphatic rings. The minimum Gasteiger partial charge on any atom is -0.399 e. The van der Waals surface area contributed by atoms with Crippen LogP contribution in [0, 0.1) is 11.3 Å². The van der Waals surface area contributed by atoms with Crippen LogP contribution in [-0.4, -0.2) is 35.7 Å². The van der Waals surface area contributed by atoms with Gasteiger partial charge in [-0.3, -0.25) is 4.79 Å². The molecule has 24 heavy (non-hydrogen) atoms. The SMILES string of the molecule is C=C(C#N)CN1Cc2c(B3OC4(C)CC4(C)O3)ccc(N)c2C1=O. The van der Waals surface area contributed by atoms with Crippen molar-refractivity contribution in [1.29, 1.82) is 5.26 Å². The van der Waals surface area contributed by atoms with E-state index in [1.165, 1.54) is 0 Å². The fourth-order valence-corrected chi connectivity index (χ4v) is 3.70. The van der Waals surface area contributed by atoms with Gasteiger partial charge >= 0.3 is 7.12 Å². The normalized spacial score (nSPS) is 30.1. The van der Waals surface area contributed by atoms with Gasteiger partial charge in [-0.2, -0.15) is 5.26 Å². The van der Waals surface area contributed by atoms with Crippen LogP contribution in [-0.2, 0) is 15.9 Å². The molecule has 0 aromatic heterocycles. The fraction of sp³-hybridized carbons (Fsp3) is 0.412. The highest BCUT2D eigenvalue weighted by molar-refractivity contribution is 6.63. The van der Waals surface area contributed by atoms with E-state index in [0.717, 1.165) is 17.4 Å². The van der Waals surface area contributed by atoms with Crippen LogP contribution in [0.5, 0.6) is 0 Å². The lowest BCUT2D eigenvalue weighted by molar-refractivity contribution is 0.0794. The van der Waals surface area contributed by atoms with Gasteiger partial charge in [-0.15, -0.1) is 0 Å². The minimum absolute atomic E-state index is 0.179. The zero-order valence-electron chi connectivity index (χ0n) is 13.8. The Hall–Kier alpha value is -2.30. The van der Waals surface area contributed by atoms with E-state index < -0.39 is 7.12 Å². The molecule has 0 radical (unpaired) electrons. The van der Waals surface area contributed by atoms with Crippen molar-refractivity contribution in [2.45, 2.75) is 38.0 Å². The number of carbonyl (C=O) groups is 1. The second-order valence-corrected chi connectivity index (χ2v) is 7.18. The van der Waals surface area contributed by atoms with Gasteiger partial charge in [-0.1, -0.05) is 12.6 Å². The standard InChI is InChI=1S/C17H18BN3O3/c1-10(6-19)7-21-8-11-12(4-5-13(20)14(11)15(21)22)18-23-16(2)9-17(16,3)24-18/h4-5H,1,7-9,20H2,2-3H3. The Labute approximate surface area is 141 Å². The molecule has 2 unspecified atom stereocenters. The van der Waals surface area contributed by atoms with Gasteiger partial charge in [0.25, 0.3) is 5.91 Å². The molecule has 4 rings (SSSR count). The molecule has 1 saturated heterocycles. The van der Waals surface area contributed by atoms with Crippen molar-refractivity contribution in [1.82, 2.24) is 4.90 Å². The number of fused-ring (bicyclic) bond motifs is 2. The van der Waals surface area contributed by atoms with E-state index in [0.29, 0.717) is 23.4 Å². The molecule has 1 aromatic rings. The van der Waals surface area contributed by atoms with Crippen molar-refractivity contribution in [2.24, 2.45) is 0 Å². The van der Waals surface area contributed by atoms with Gasteiger partial charge in [-0.05, 0) is 30.9 Å². The maximum atomic E-state index is 12.6. The molecule has 0 bridgehead atoms. The second-order valence-electron chi connectivity index (χ2n) is 7.18. The van der Waals surface area contributed by atoms with Gasteiger partial charge in [-0.25, -0.2) is 0 Å². The topological polar surface area (TPSA) is 88.6 Å². The van der Waals surface area contributed by atoms with E-state index in [4.69, 9.17) is 20.3 Å². The summed E-state index contributed by atoms with van der Waals surface area (Å²) in [5.41, 5.74) is 8.43. The van der Waals surface area contributed by atoms with Gasteiger partial charge in [0.1, 0.15) is 0 Å². The summed E-state index contributed by atoms with van der Waals surface area (Å²) in [6.07, 6.45) is 0.876. The lowest BCUT2D eigenvalue weighted by Crippen LogP contribution is -2.38. The van der Waals surface area contributed by atoms with Gasteiger partial charge in [0.05, 0.1) is 29.4 Å². The van der Waals surface area contributed by atoms with Crippen LogP contribution in [0.1, 0.15) is 36.2 Å². The summed E-state index contributed by atoms with van der Waals surface area (Å²) >= 11 is 0. The first-order valence-electron chi connectivity index (χ1n) is 7.92. The van der Waals surface area contributed by atoms with Crippen LogP contribution in [0.4, 0.5) is 5.69 Å². The molecule has 2 fully saturated rings. The summed E-state index contributed by atoms with van der Waals surface area (Å²) in [6.45, 7) is 8.32. The maximum Gasteiger partial charge on any atom is 0.495 e. The Bertz CT molecular complexity index is 817. The lowest BCUT2D eigenvalue weighted by atomic mass is 9.74. The molecule has 2 atom stereocenters. The summed E-state index contributed by atoms with van der Waals surface area (Å²) in [6, 6.07) is 5.56. The van der Waals surface area contributed by atoms with Gasteiger partial charge in [0.15, 0.2) is 0 Å². The van der Waals surface area contributed by atoms with Gasteiger partial charge in [0, 0.05) is 24.2 Å². The summed E-state index contributed by atoms with van der Waals surface area (Å²) in [7, 11) is -0.491. The highest BCUT2D eigenvalue weighted by atomic mass is 16.7. The highest BCUT2D eigenvalue weighted by Gasteiger charge is 2.71. The fourth-order valence-electron chi connectivity index (χ4n) is 3.70. The molecule has 1 aliphatic carbocycles. The van der Waals surface area contributed by atoms with E-state index in [2.05, 4.69) is 6.58 Å². The second kappa shape index (κ2) is 4.62. The number of nitriles is 1. The van der Waals surface area contributed by atoms with Crippen molar-refractivity contribution in [3.8, 4) is 6.07 Å². The Kier molecular flexibility index (Phi) is 2.94. The van der Waals surface area contributed by atoms with Crippen LogP contribution in [0.25, 0.3) is 0 Å². The van der Waals surface area contributed by atoms with Crippen LogP contribution in [0.2, 0.25) is 0 Å². The third kappa shape index (κ3) is 1.93. The number of nitrogens with two attached hydrogens (primary N) is 1. The minimum atomic E-state index is -0.491. The van der Waals surface area contributed by atoms with E-state index in [1.807, 2.05) is 26.0 Å². The number of benzene rings is 1. The summed E-state index contributed by atoms with van der Waals surface area (Å²) in [4.78, 5) is 14.2. The average Bonchev–Trinajstić information content (AvgIpc) is 2.76. The average molecular weight is 323 g/mol. The largest absolute Gasteiger partial charge is 0.495 e. The molecule has 2 aliphatic heterocycles. The Balaban J connectivity index is 1.68. The van der Waals surface area contributed by atoms with Gasteiger partial charge < -0.3 is 19.9 Å². The smallest absolute Gasteiger partial charge is 0.399 e. The molecule has 7 heteroatoms. The van der Waals surface area contributed by atoms with E-state index in [-0.39, 0.29) is 23.7 Å². The monoisotopic (exact) mass is 323 g/mol. The molecule has 1 aromatic carbocycles. The molecule has 1 amide bonds. The Morgan fingerprint density at radius 2 is 2.12 bits per heavy atom. The molecule has 0 spiro atoms. The first kappa shape index (κ1) is 15.2. The summed E-state index contributed by atoms with van der Waals surface area (Å²) in [5.74, 6) is -0.179. The predicted molar refractivity (Wildman–Crippen MR) is 89.3 cm³/mol. The molecular formula is C17H18BN3O3. The summed E-state index contributed by atoms with van der Waals surface area (Å²) in [5, 5.41) is 8.92. The van der Waals surface area contributed by atoms with Crippen molar-refractivity contribution >= 4 is 24.2 Å². The number of anilines is 1. The summed E-state index contributed by atoms with van der Waals surface area (Å²) < 4.78 is 12.2. The molecule has 122 valence electrons. The third-order valence-electron chi connectivity index (χ3n) is 5.43. The van der Waals surface area contributed by atoms with Crippen molar-refractivity contribution in [2.75, 3.05) is 12.3 Å². The third-order valence-corrected chi connectivity index (χ3v) is 5.43. The van der Waals surface area contributed by atoms with Crippen LogP contribution in [0.15, 0.2) is 24.3 Å². The quantitative estimate of drug-likeness (QED) is 0.509. The zero-order valence-corrected chi connectivity index (χ0v) is 13.8. The molecule has 2 heterocycles.